The maximum atomic E-state index is 12.2. The summed E-state index contributed by atoms with van der Waals surface area (Å²) in [4.78, 5) is 24.4. The van der Waals surface area contributed by atoms with E-state index in [2.05, 4.69) is 15.5 Å². The lowest BCUT2D eigenvalue weighted by Crippen LogP contribution is -2.37. The molecule has 0 saturated carbocycles. The molecule has 1 saturated heterocycles. The first-order valence-electron chi connectivity index (χ1n) is 6.31. The number of likely N-dealkylation sites (tertiary alicyclic amines) is 1. The summed E-state index contributed by atoms with van der Waals surface area (Å²) < 4.78 is 0. The first kappa shape index (κ1) is 13.4. The average Bonchev–Trinajstić information content (AvgIpc) is 2.95. The van der Waals surface area contributed by atoms with Crippen molar-refractivity contribution in [2.24, 2.45) is 0 Å². The van der Waals surface area contributed by atoms with E-state index in [1.54, 1.807) is 11.0 Å². The maximum Gasteiger partial charge on any atom is 0.404 e. The van der Waals surface area contributed by atoms with Gasteiger partial charge < -0.3 is 15.3 Å². The Morgan fingerprint density at radius 1 is 1.58 bits per heavy atom. The van der Waals surface area contributed by atoms with Gasteiger partial charge in [-0.05, 0) is 18.4 Å². The van der Waals surface area contributed by atoms with E-state index in [0.29, 0.717) is 25.2 Å². The number of aromatic amines is 1. The molecule has 3 N–H and O–H groups in total. The number of hydrogen-bond donors (Lipinski definition) is 3. The zero-order valence-electron chi connectivity index (χ0n) is 11.0. The number of amides is 2. The number of aromatic nitrogens is 2. The molecule has 2 heterocycles. The Labute approximate surface area is 111 Å². The van der Waals surface area contributed by atoms with Crippen LogP contribution in [-0.2, 0) is 0 Å². The lowest BCUT2D eigenvalue weighted by molar-refractivity contribution is 0.0782. The van der Waals surface area contributed by atoms with E-state index in [0.717, 1.165) is 5.69 Å². The van der Waals surface area contributed by atoms with Crippen LogP contribution in [0.2, 0.25) is 0 Å². The second-order valence-corrected chi connectivity index (χ2v) is 5.05. The van der Waals surface area contributed by atoms with Crippen molar-refractivity contribution in [3.63, 3.8) is 0 Å². The van der Waals surface area contributed by atoms with Crippen LogP contribution >= 0.6 is 0 Å². The third kappa shape index (κ3) is 3.04. The fourth-order valence-electron chi connectivity index (χ4n) is 2.15. The van der Waals surface area contributed by atoms with Gasteiger partial charge in [-0.15, -0.1) is 0 Å². The van der Waals surface area contributed by atoms with Gasteiger partial charge in [0.1, 0.15) is 5.69 Å². The molecule has 0 aromatic carbocycles. The highest BCUT2D eigenvalue weighted by molar-refractivity contribution is 5.92. The topological polar surface area (TPSA) is 98.3 Å². The van der Waals surface area contributed by atoms with Gasteiger partial charge in [-0.1, -0.05) is 13.8 Å². The van der Waals surface area contributed by atoms with Crippen molar-refractivity contribution < 1.29 is 14.7 Å². The van der Waals surface area contributed by atoms with Crippen LogP contribution in [0.5, 0.6) is 0 Å². The molecule has 0 spiro atoms. The minimum atomic E-state index is -1.05. The molecule has 1 aliphatic rings. The van der Waals surface area contributed by atoms with Crippen LogP contribution < -0.4 is 5.32 Å². The van der Waals surface area contributed by atoms with Gasteiger partial charge in [0.2, 0.25) is 0 Å². The van der Waals surface area contributed by atoms with Crippen LogP contribution in [-0.4, -0.2) is 51.3 Å². The Kier molecular flexibility index (Phi) is 3.73. The van der Waals surface area contributed by atoms with E-state index >= 15 is 0 Å². The summed E-state index contributed by atoms with van der Waals surface area (Å²) in [6, 6.07) is 1.57. The third-order valence-electron chi connectivity index (χ3n) is 3.22. The lowest BCUT2D eigenvalue weighted by atomic mass is 10.1. The van der Waals surface area contributed by atoms with E-state index in [1.807, 2.05) is 13.8 Å². The summed E-state index contributed by atoms with van der Waals surface area (Å²) in [7, 11) is 0. The molecular weight excluding hydrogens is 248 g/mol. The first-order chi connectivity index (χ1) is 8.97. The normalized spacial score (nSPS) is 18.9. The molecule has 0 aliphatic carbocycles. The number of nitrogens with zero attached hydrogens (tertiary/aromatic N) is 2. The second kappa shape index (κ2) is 5.29. The minimum Gasteiger partial charge on any atom is -0.465 e. The zero-order valence-corrected chi connectivity index (χ0v) is 11.0. The van der Waals surface area contributed by atoms with Crippen molar-refractivity contribution in [3.8, 4) is 0 Å². The van der Waals surface area contributed by atoms with Gasteiger partial charge in [0, 0.05) is 13.1 Å². The molecule has 2 rings (SSSR count). The molecule has 1 aromatic rings. The number of carbonyl (C=O) groups excluding carboxylic acids is 1. The standard InChI is InChI=1S/C12H18N4O3/c1-7(2)9-5-10(15-14-9)11(17)16-4-3-8(6-16)13-12(18)19/h5,7-8,13H,3-4,6H2,1-2H3,(H,14,15)(H,18,19). The molecule has 1 aromatic heterocycles. The van der Waals surface area contributed by atoms with Crippen molar-refractivity contribution >= 4 is 12.0 Å². The van der Waals surface area contributed by atoms with Crippen LogP contribution in [0.4, 0.5) is 4.79 Å². The zero-order chi connectivity index (χ0) is 14.0. The van der Waals surface area contributed by atoms with Gasteiger partial charge in [0.05, 0.1) is 11.7 Å². The van der Waals surface area contributed by atoms with Gasteiger partial charge in [-0.25, -0.2) is 4.79 Å². The summed E-state index contributed by atoms with van der Waals surface area (Å²) in [5.74, 6) is 0.131. The number of carboxylic acid groups (broad SMARTS) is 1. The summed E-state index contributed by atoms with van der Waals surface area (Å²) in [5.41, 5.74) is 1.31. The monoisotopic (exact) mass is 266 g/mol. The largest absolute Gasteiger partial charge is 0.465 e. The van der Waals surface area contributed by atoms with Crippen molar-refractivity contribution in [1.29, 1.82) is 0 Å². The highest BCUT2D eigenvalue weighted by atomic mass is 16.4. The quantitative estimate of drug-likeness (QED) is 0.760. The number of carbonyl (C=O) groups is 2. The van der Waals surface area contributed by atoms with Crippen molar-refractivity contribution in [3.05, 3.63) is 17.5 Å². The smallest absolute Gasteiger partial charge is 0.404 e. The predicted molar refractivity (Wildman–Crippen MR) is 68.1 cm³/mol. The molecule has 1 atom stereocenters. The van der Waals surface area contributed by atoms with Crippen molar-refractivity contribution in [2.45, 2.75) is 32.2 Å². The van der Waals surface area contributed by atoms with Crippen LogP contribution in [0.1, 0.15) is 42.4 Å². The van der Waals surface area contributed by atoms with Crippen LogP contribution in [0.25, 0.3) is 0 Å². The predicted octanol–water partition coefficient (Wildman–Crippen LogP) is 1.02. The highest BCUT2D eigenvalue weighted by Crippen LogP contribution is 2.16. The maximum absolute atomic E-state index is 12.2. The van der Waals surface area contributed by atoms with E-state index in [4.69, 9.17) is 5.11 Å². The van der Waals surface area contributed by atoms with Gasteiger partial charge in [-0.2, -0.15) is 5.10 Å². The summed E-state index contributed by atoms with van der Waals surface area (Å²) in [6.45, 7) is 4.97. The Hall–Kier alpha value is -2.05. The summed E-state index contributed by atoms with van der Waals surface area (Å²) >= 11 is 0. The molecule has 2 amide bonds. The molecule has 0 radical (unpaired) electrons. The van der Waals surface area contributed by atoms with Crippen LogP contribution in [0.15, 0.2) is 6.07 Å². The van der Waals surface area contributed by atoms with E-state index in [-0.39, 0.29) is 17.9 Å². The van der Waals surface area contributed by atoms with Crippen LogP contribution in [0.3, 0.4) is 0 Å². The first-order valence-corrected chi connectivity index (χ1v) is 6.31. The number of rotatable bonds is 3. The van der Waals surface area contributed by atoms with E-state index in [1.165, 1.54) is 0 Å². The minimum absolute atomic E-state index is 0.130. The second-order valence-electron chi connectivity index (χ2n) is 5.05. The van der Waals surface area contributed by atoms with Crippen LogP contribution in [0, 0.1) is 0 Å². The summed E-state index contributed by atoms with van der Waals surface area (Å²) in [6.07, 6.45) is -0.411. The van der Waals surface area contributed by atoms with Gasteiger partial charge in [0.25, 0.3) is 5.91 Å². The Balaban J connectivity index is 1.98. The highest BCUT2D eigenvalue weighted by Gasteiger charge is 2.28. The third-order valence-corrected chi connectivity index (χ3v) is 3.22. The van der Waals surface area contributed by atoms with Crippen molar-refractivity contribution in [2.75, 3.05) is 13.1 Å². The summed E-state index contributed by atoms with van der Waals surface area (Å²) in [5, 5.41) is 17.9. The molecule has 7 heteroatoms. The lowest BCUT2D eigenvalue weighted by Gasteiger charge is -2.15. The van der Waals surface area contributed by atoms with Gasteiger partial charge in [-0.3, -0.25) is 9.89 Å². The number of H-pyrrole nitrogens is 1. The van der Waals surface area contributed by atoms with Crippen molar-refractivity contribution in [1.82, 2.24) is 20.4 Å². The average molecular weight is 266 g/mol. The molecule has 1 aliphatic heterocycles. The van der Waals surface area contributed by atoms with E-state index in [9.17, 15) is 9.59 Å². The molecular formula is C12H18N4O3. The van der Waals surface area contributed by atoms with Gasteiger partial charge >= 0.3 is 6.09 Å². The number of hydrogen-bond acceptors (Lipinski definition) is 3. The Morgan fingerprint density at radius 2 is 2.32 bits per heavy atom. The number of nitrogens with one attached hydrogen (secondary N) is 2. The molecule has 7 nitrogen and oxygen atoms in total. The molecule has 1 unspecified atom stereocenters. The van der Waals surface area contributed by atoms with Gasteiger partial charge in [0.15, 0.2) is 0 Å². The molecule has 1 fully saturated rings. The Morgan fingerprint density at radius 3 is 2.89 bits per heavy atom. The Bertz CT molecular complexity index is 483. The molecule has 0 bridgehead atoms. The SMILES string of the molecule is CC(C)c1cc(C(=O)N2CCC(NC(=O)O)C2)[nH]n1. The fraction of sp³-hybridized carbons (Fsp3) is 0.583. The molecule has 19 heavy (non-hydrogen) atoms. The molecule has 104 valence electrons. The van der Waals surface area contributed by atoms with E-state index < -0.39 is 6.09 Å². The fourth-order valence-corrected chi connectivity index (χ4v) is 2.15.